The molecule has 0 aliphatic carbocycles. The second-order valence-corrected chi connectivity index (χ2v) is 8.22. The summed E-state index contributed by atoms with van der Waals surface area (Å²) in [4.78, 5) is 12.8. The Kier molecular flexibility index (Phi) is 5.84. The Morgan fingerprint density at radius 2 is 1.84 bits per heavy atom. The molecule has 0 saturated carbocycles. The van der Waals surface area contributed by atoms with Gasteiger partial charge in [-0.15, -0.1) is 0 Å². The number of hydrogen-bond acceptors (Lipinski definition) is 3. The summed E-state index contributed by atoms with van der Waals surface area (Å²) in [5.74, 6) is 1.09. The molecule has 1 heterocycles. The van der Waals surface area contributed by atoms with Crippen LogP contribution in [0.3, 0.4) is 0 Å². The van der Waals surface area contributed by atoms with E-state index in [0.29, 0.717) is 33.6 Å². The van der Waals surface area contributed by atoms with E-state index >= 15 is 0 Å². The topological polar surface area (TPSA) is 35.5 Å². The van der Waals surface area contributed by atoms with Gasteiger partial charge in [0.05, 0.1) is 10.6 Å². The number of allylic oxidation sites excluding steroid dienone is 1. The molecule has 0 spiro atoms. The van der Waals surface area contributed by atoms with Crippen LogP contribution in [0.25, 0.3) is 6.08 Å². The summed E-state index contributed by atoms with van der Waals surface area (Å²) >= 11 is 6.07. The number of carbonyl (C=O) groups is 1. The van der Waals surface area contributed by atoms with Gasteiger partial charge < -0.3 is 9.47 Å². The number of hydrogen-bond donors (Lipinski definition) is 0. The second-order valence-electron chi connectivity index (χ2n) is 7.82. The summed E-state index contributed by atoms with van der Waals surface area (Å²) in [7, 11) is 0. The van der Waals surface area contributed by atoms with Crippen LogP contribution < -0.4 is 9.47 Å². The molecule has 0 bridgehead atoms. The summed E-state index contributed by atoms with van der Waals surface area (Å²) in [5, 5.41) is 0.305. The molecule has 31 heavy (non-hydrogen) atoms. The molecule has 4 rings (SSSR count). The average molecular weight is 437 g/mol. The molecule has 0 unspecified atom stereocenters. The van der Waals surface area contributed by atoms with Crippen LogP contribution in [0.15, 0.2) is 60.4 Å². The summed E-state index contributed by atoms with van der Waals surface area (Å²) in [6.45, 7) is 6.06. The number of halogens is 2. The molecule has 0 atom stereocenters. The lowest BCUT2D eigenvalue weighted by atomic mass is 10.0. The summed E-state index contributed by atoms with van der Waals surface area (Å²) in [6.07, 6.45) is 1.74. The van der Waals surface area contributed by atoms with Crippen molar-refractivity contribution in [2.45, 2.75) is 33.3 Å². The predicted molar refractivity (Wildman–Crippen MR) is 120 cm³/mol. The lowest BCUT2D eigenvalue weighted by Crippen LogP contribution is -2.01. The Morgan fingerprint density at radius 3 is 2.52 bits per heavy atom. The van der Waals surface area contributed by atoms with Gasteiger partial charge >= 0.3 is 0 Å². The highest BCUT2D eigenvalue weighted by molar-refractivity contribution is 6.31. The van der Waals surface area contributed by atoms with Crippen molar-refractivity contribution in [3.63, 3.8) is 0 Å². The number of ether oxygens (including phenoxy) is 2. The minimum atomic E-state index is -0.425. The fraction of sp³-hybridized carbons (Fsp3) is 0.192. The van der Waals surface area contributed by atoms with Crippen molar-refractivity contribution in [1.82, 2.24) is 0 Å². The first-order chi connectivity index (χ1) is 14.8. The Morgan fingerprint density at radius 1 is 1.10 bits per heavy atom. The van der Waals surface area contributed by atoms with Crippen LogP contribution in [0, 0.1) is 12.7 Å². The number of carbonyl (C=O) groups excluding carboxylic acids is 1. The molecule has 158 valence electrons. The molecule has 0 amide bonds. The average Bonchev–Trinajstić information content (AvgIpc) is 3.06. The highest BCUT2D eigenvalue weighted by atomic mass is 35.5. The van der Waals surface area contributed by atoms with Crippen LogP contribution in [-0.2, 0) is 6.61 Å². The standard InChI is InChI=1S/C26H22ClFO3/c1-15(2)18-9-7-17(8-10-18)13-24-25(29)19-11-12-23(16(3)26(19)31-24)30-14-20-21(27)5-4-6-22(20)28/h4-13,15H,14H2,1-3H3/b24-13-. The molecule has 3 aromatic carbocycles. The van der Waals surface area contributed by atoms with Crippen LogP contribution in [0.1, 0.15) is 52.4 Å². The third kappa shape index (κ3) is 4.21. The van der Waals surface area contributed by atoms with Gasteiger partial charge in [-0.2, -0.15) is 0 Å². The molecule has 0 radical (unpaired) electrons. The van der Waals surface area contributed by atoms with Crippen molar-refractivity contribution < 1.29 is 18.7 Å². The first-order valence-electron chi connectivity index (χ1n) is 10.1. The number of rotatable bonds is 5. The van der Waals surface area contributed by atoms with E-state index in [4.69, 9.17) is 21.1 Å². The van der Waals surface area contributed by atoms with E-state index in [2.05, 4.69) is 26.0 Å². The van der Waals surface area contributed by atoms with Gasteiger partial charge in [0.15, 0.2) is 5.76 Å². The van der Waals surface area contributed by atoms with Crippen molar-refractivity contribution in [3.05, 3.63) is 99.0 Å². The zero-order valence-electron chi connectivity index (χ0n) is 17.5. The quantitative estimate of drug-likeness (QED) is 0.400. The third-order valence-electron chi connectivity index (χ3n) is 5.37. The zero-order valence-corrected chi connectivity index (χ0v) is 18.3. The third-order valence-corrected chi connectivity index (χ3v) is 5.73. The maximum absolute atomic E-state index is 14.0. The summed E-state index contributed by atoms with van der Waals surface area (Å²) in [5.41, 5.74) is 3.57. The Balaban J connectivity index is 1.56. The van der Waals surface area contributed by atoms with Crippen molar-refractivity contribution in [3.8, 4) is 11.5 Å². The van der Waals surface area contributed by atoms with E-state index in [0.717, 1.165) is 5.56 Å². The van der Waals surface area contributed by atoms with E-state index in [1.807, 2.05) is 19.1 Å². The van der Waals surface area contributed by atoms with Crippen LogP contribution in [0.4, 0.5) is 4.39 Å². The van der Waals surface area contributed by atoms with Gasteiger partial charge in [-0.1, -0.05) is 55.8 Å². The van der Waals surface area contributed by atoms with E-state index in [9.17, 15) is 9.18 Å². The number of Topliss-reactive ketones (excluding diaryl/α,β-unsaturated/α-hetero) is 1. The highest BCUT2D eigenvalue weighted by Gasteiger charge is 2.30. The van der Waals surface area contributed by atoms with Gasteiger partial charge in [0, 0.05) is 11.1 Å². The smallest absolute Gasteiger partial charge is 0.231 e. The molecule has 3 nitrogen and oxygen atoms in total. The van der Waals surface area contributed by atoms with Gasteiger partial charge in [0.1, 0.15) is 23.9 Å². The molecule has 5 heteroatoms. The molecule has 1 aliphatic rings. The minimum absolute atomic E-state index is 0.0238. The molecule has 3 aromatic rings. The van der Waals surface area contributed by atoms with Crippen molar-refractivity contribution >= 4 is 23.5 Å². The summed E-state index contributed by atoms with van der Waals surface area (Å²) < 4.78 is 25.7. The van der Waals surface area contributed by atoms with E-state index in [1.165, 1.54) is 11.6 Å². The second kappa shape index (κ2) is 8.56. The van der Waals surface area contributed by atoms with Crippen molar-refractivity contribution in [1.29, 1.82) is 0 Å². The van der Waals surface area contributed by atoms with E-state index < -0.39 is 5.82 Å². The van der Waals surface area contributed by atoms with Gasteiger partial charge in [-0.05, 0) is 54.3 Å². The first kappa shape index (κ1) is 21.1. The monoisotopic (exact) mass is 436 g/mol. The number of fused-ring (bicyclic) bond motifs is 1. The molecule has 0 aromatic heterocycles. The Labute approximate surface area is 186 Å². The van der Waals surface area contributed by atoms with Crippen LogP contribution in [0.5, 0.6) is 11.5 Å². The summed E-state index contributed by atoms with van der Waals surface area (Å²) in [6, 6.07) is 15.9. The van der Waals surface area contributed by atoms with Gasteiger partial charge in [-0.3, -0.25) is 4.79 Å². The zero-order chi connectivity index (χ0) is 22.1. The molecular weight excluding hydrogens is 415 g/mol. The molecule has 0 fully saturated rings. The normalized spacial score (nSPS) is 14.1. The minimum Gasteiger partial charge on any atom is -0.488 e. The van der Waals surface area contributed by atoms with E-state index in [1.54, 1.807) is 30.3 Å². The fourth-order valence-corrected chi connectivity index (χ4v) is 3.69. The highest BCUT2D eigenvalue weighted by Crippen LogP contribution is 2.39. The maximum atomic E-state index is 14.0. The number of ketones is 1. The van der Waals surface area contributed by atoms with Crippen LogP contribution >= 0.6 is 11.6 Å². The number of benzene rings is 3. The van der Waals surface area contributed by atoms with Crippen molar-refractivity contribution in [2.24, 2.45) is 0 Å². The predicted octanol–water partition coefficient (Wildman–Crippen LogP) is 7.11. The SMILES string of the molecule is Cc1c(OCc2c(F)cccc2Cl)ccc2c1O/C(=C\c1ccc(C(C)C)cc1)C2=O. The van der Waals surface area contributed by atoms with Gasteiger partial charge in [-0.25, -0.2) is 4.39 Å². The lowest BCUT2D eigenvalue weighted by Gasteiger charge is -2.12. The van der Waals surface area contributed by atoms with E-state index in [-0.39, 0.29) is 23.7 Å². The van der Waals surface area contributed by atoms with Gasteiger partial charge in [0.25, 0.3) is 0 Å². The molecule has 0 saturated heterocycles. The Hall–Kier alpha value is -3.11. The molecule has 0 N–H and O–H groups in total. The van der Waals surface area contributed by atoms with Gasteiger partial charge in [0.2, 0.25) is 5.78 Å². The largest absolute Gasteiger partial charge is 0.488 e. The van der Waals surface area contributed by atoms with Crippen molar-refractivity contribution in [2.75, 3.05) is 0 Å². The first-order valence-corrected chi connectivity index (χ1v) is 10.5. The maximum Gasteiger partial charge on any atom is 0.231 e. The molecular formula is C26H22ClFO3. The van der Waals surface area contributed by atoms with Crippen LogP contribution in [0.2, 0.25) is 5.02 Å². The Bertz CT molecular complexity index is 1160. The lowest BCUT2D eigenvalue weighted by molar-refractivity contribution is 0.101. The fourth-order valence-electron chi connectivity index (χ4n) is 3.47. The molecule has 1 aliphatic heterocycles. The van der Waals surface area contributed by atoms with Crippen LogP contribution in [-0.4, -0.2) is 5.78 Å².